The largest absolute Gasteiger partial charge is 0.459 e. The molecular weight excluding hydrogens is 773 g/mol. The molecule has 0 aliphatic carbocycles. The van der Waals surface area contributed by atoms with E-state index in [9.17, 15) is 38.9 Å². The lowest BCUT2D eigenvalue weighted by atomic mass is 10.0. The van der Waals surface area contributed by atoms with Crippen molar-refractivity contribution in [1.29, 1.82) is 0 Å². The lowest BCUT2D eigenvalue weighted by Crippen LogP contribution is -2.52. The number of ether oxygens (including phenoxy) is 2. The summed E-state index contributed by atoms with van der Waals surface area (Å²) >= 11 is 0. The molecule has 1 aromatic rings. The molecule has 1 rings (SSSR count). The monoisotopic (exact) mass is 847 g/mol. The molecule has 0 spiro atoms. The van der Waals surface area contributed by atoms with Crippen molar-refractivity contribution in [1.82, 2.24) is 21.3 Å². The van der Waals surface area contributed by atoms with Gasteiger partial charge in [-0.3, -0.25) is 29.3 Å². The first-order valence-electron chi connectivity index (χ1n) is 22.1. The van der Waals surface area contributed by atoms with Gasteiger partial charge in [-0.2, -0.15) is 0 Å². The summed E-state index contributed by atoms with van der Waals surface area (Å²) in [5.74, 6) is -3.06. The minimum absolute atomic E-state index is 0.0305. The van der Waals surface area contributed by atoms with Crippen LogP contribution in [0.5, 0.6) is 0 Å². The molecule has 0 bridgehead atoms. The second kappa shape index (κ2) is 31.2. The molecule has 1 aromatic carbocycles. The maximum absolute atomic E-state index is 13.2. The Balaban J connectivity index is 2.55. The number of amides is 5. The van der Waals surface area contributed by atoms with E-state index < -0.39 is 58.4 Å². The Kier molecular flexibility index (Phi) is 27.7. The zero-order valence-electron chi connectivity index (χ0n) is 36.9. The number of rotatable bonds is 33. The Morgan fingerprint density at radius 2 is 1.32 bits per heavy atom. The Morgan fingerprint density at radius 3 is 1.87 bits per heavy atom. The Bertz CT molecular complexity index is 1470. The molecule has 16 nitrogen and oxygen atoms in total. The average molecular weight is 847 g/mol. The number of unbranched alkanes of at least 4 members (excludes halogenated alkanes) is 15. The molecule has 0 unspecified atom stereocenters. The summed E-state index contributed by atoms with van der Waals surface area (Å²) in [4.78, 5) is 86.2. The Morgan fingerprint density at radius 1 is 0.733 bits per heavy atom. The highest BCUT2D eigenvalue weighted by molar-refractivity contribution is 5.91. The fourth-order valence-electron chi connectivity index (χ4n) is 6.38. The molecular formula is C44H74N6O10. The molecule has 0 saturated heterocycles. The topological polar surface area (TPSA) is 238 Å². The van der Waals surface area contributed by atoms with E-state index in [-0.39, 0.29) is 37.5 Å². The predicted molar refractivity (Wildman–Crippen MR) is 230 cm³/mol. The van der Waals surface area contributed by atoms with E-state index in [0.717, 1.165) is 19.3 Å². The van der Waals surface area contributed by atoms with Gasteiger partial charge in [-0.1, -0.05) is 109 Å². The number of nitrogens with zero attached hydrogens (tertiary/aromatic N) is 1. The van der Waals surface area contributed by atoms with Crippen molar-refractivity contribution in [3.63, 3.8) is 0 Å². The number of carbonyl (C=O) groups excluding carboxylic acids is 6. The maximum Gasteiger partial charge on any atom is 0.408 e. The third-order valence-corrected chi connectivity index (χ3v) is 9.82. The van der Waals surface area contributed by atoms with E-state index in [4.69, 9.17) is 15.2 Å². The van der Waals surface area contributed by atoms with Crippen molar-refractivity contribution in [2.24, 2.45) is 5.73 Å². The fourth-order valence-corrected chi connectivity index (χ4v) is 6.38. The van der Waals surface area contributed by atoms with Crippen LogP contribution in [0.4, 0.5) is 10.5 Å². The van der Waals surface area contributed by atoms with E-state index in [1.807, 2.05) is 0 Å². The van der Waals surface area contributed by atoms with E-state index in [0.29, 0.717) is 31.4 Å². The van der Waals surface area contributed by atoms with Crippen molar-refractivity contribution >= 4 is 41.4 Å². The Labute approximate surface area is 357 Å². The van der Waals surface area contributed by atoms with Gasteiger partial charge in [-0.25, -0.2) is 9.59 Å². The van der Waals surface area contributed by atoms with E-state index in [1.165, 1.54) is 102 Å². The highest BCUT2D eigenvalue weighted by Crippen LogP contribution is 2.16. The van der Waals surface area contributed by atoms with E-state index in [1.54, 1.807) is 26.8 Å². The number of carbonyl (C=O) groups is 6. The molecule has 0 aliphatic rings. The van der Waals surface area contributed by atoms with Gasteiger partial charge in [0.05, 0.1) is 4.92 Å². The van der Waals surface area contributed by atoms with Crippen LogP contribution in [-0.2, 0) is 40.1 Å². The van der Waals surface area contributed by atoms with E-state index >= 15 is 0 Å². The molecule has 6 N–H and O–H groups in total. The third kappa shape index (κ3) is 27.1. The molecule has 0 saturated carbocycles. The summed E-state index contributed by atoms with van der Waals surface area (Å²) in [7, 11) is 0. The third-order valence-electron chi connectivity index (χ3n) is 9.82. The molecule has 0 fully saturated rings. The van der Waals surface area contributed by atoms with Gasteiger partial charge in [0.25, 0.3) is 5.69 Å². The first-order valence-corrected chi connectivity index (χ1v) is 22.1. The number of esters is 1. The zero-order valence-corrected chi connectivity index (χ0v) is 36.9. The summed E-state index contributed by atoms with van der Waals surface area (Å²) in [6, 6.07) is 2.18. The van der Waals surface area contributed by atoms with Gasteiger partial charge in [0.2, 0.25) is 23.6 Å². The molecule has 0 aliphatic heterocycles. The summed E-state index contributed by atoms with van der Waals surface area (Å²) in [5, 5.41) is 21.5. The highest BCUT2D eigenvalue weighted by Gasteiger charge is 2.27. The van der Waals surface area contributed by atoms with Gasteiger partial charge < -0.3 is 36.5 Å². The minimum Gasteiger partial charge on any atom is -0.459 e. The van der Waals surface area contributed by atoms with Crippen molar-refractivity contribution in [2.45, 2.75) is 200 Å². The Hall–Kier alpha value is -4.76. The number of nitro groups is 1. The van der Waals surface area contributed by atoms with Crippen LogP contribution in [0.25, 0.3) is 0 Å². The average Bonchev–Trinajstić information content (AvgIpc) is 3.18. The van der Waals surface area contributed by atoms with Crippen LogP contribution < -0.4 is 27.0 Å². The van der Waals surface area contributed by atoms with E-state index in [2.05, 4.69) is 28.2 Å². The molecule has 0 aromatic heterocycles. The second-order valence-corrected chi connectivity index (χ2v) is 16.6. The lowest BCUT2D eigenvalue weighted by Gasteiger charge is -2.23. The van der Waals surface area contributed by atoms with Crippen LogP contribution in [0.3, 0.4) is 0 Å². The first-order chi connectivity index (χ1) is 28.5. The van der Waals surface area contributed by atoms with Crippen molar-refractivity contribution in [3.05, 3.63) is 39.9 Å². The van der Waals surface area contributed by atoms with Crippen LogP contribution in [0.2, 0.25) is 0 Å². The van der Waals surface area contributed by atoms with Crippen LogP contribution >= 0.6 is 0 Å². The number of hydrogen-bond donors (Lipinski definition) is 5. The molecule has 0 heterocycles. The number of primary amides is 1. The number of benzene rings is 1. The molecule has 5 amide bonds. The minimum atomic E-state index is -1.26. The van der Waals surface area contributed by atoms with Crippen LogP contribution in [0.15, 0.2) is 24.3 Å². The summed E-state index contributed by atoms with van der Waals surface area (Å²) < 4.78 is 10.6. The predicted octanol–water partition coefficient (Wildman–Crippen LogP) is 7.33. The lowest BCUT2D eigenvalue weighted by molar-refractivity contribution is -0.385. The van der Waals surface area contributed by atoms with Crippen LogP contribution in [-0.4, -0.2) is 70.9 Å². The van der Waals surface area contributed by atoms with Gasteiger partial charge in [0.1, 0.15) is 30.3 Å². The summed E-state index contributed by atoms with van der Waals surface area (Å²) in [6.07, 6.45) is 19.0. The number of nitro benzene ring substituents is 1. The SMILES string of the molecule is CCCCCCCCCCCCCCCCCC(=O)NCCCC[C@H](NC(=O)CC[C@@H](NC(=O)[C@H](C)NC(=O)OC(C)(C)C)C(N)=O)C(=O)OCc1cccc([N+](=O)[O-])c1. The quantitative estimate of drug-likeness (QED) is 0.0204. The standard InChI is InChI=1S/C44H74N6O10/c1-6-7-8-9-10-11-12-13-14-15-16-17-18-19-20-27-38(51)46-30-22-21-26-37(42(55)59-32-34-24-23-25-35(31-34)50(57)58)48-39(52)29-28-36(40(45)53)49-41(54)33(2)47-43(56)60-44(3,4)5/h23-25,31,33,36-37H,6-22,26-30,32H2,1-5H3,(H2,45,53)(H,46,51)(H,47,56)(H,48,52)(H,49,54)/t33-,36+,37-/m0/s1. The van der Waals surface area contributed by atoms with Gasteiger partial charge in [-0.05, 0) is 65.4 Å². The van der Waals surface area contributed by atoms with Gasteiger partial charge in [0, 0.05) is 31.5 Å². The second-order valence-electron chi connectivity index (χ2n) is 16.6. The molecule has 0 radical (unpaired) electrons. The van der Waals surface area contributed by atoms with Gasteiger partial charge in [-0.15, -0.1) is 0 Å². The van der Waals surface area contributed by atoms with Gasteiger partial charge in [0.15, 0.2) is 0 Å². The molecule has 3 atom stereocenters. The maximum atomic E-state index is 13.2. The number of nitrogens with one attached hydrogen (secondary N) is 4. The van der Waals surface area contributed by atoms with Crippen molar-refractivity contribution < 1.29 is 43.2 Å². The van der Waals surface area contributed by atoms with Gasteiger partial charge >= 0.3 is 12.1 Å². The number of hydrogen-bond acceptors (Lipinski definition) is 10. The highest BCUT2D eigenvalue weighted by atomic mass is 16.6. The van der Waals surface area contributed by atoms with Crippen LogP contribution in [0, 0.1) is 10.1 Å². The normalized spacial score (nSPS) is 12.7. The smallest absolute Gasteiger partial charge is 0.408 e. The molecule has 340 valence electrons. The number of nitrogens with two attached hydrogens (primary N) is 1. The van der Waals surface area contributed by atoms with Crippen molar-refractivity contribution in [3.8, 4) is 0 Å². The molecule has 16 heteroatoms. The summed E-state index contributed by atoms with van der Waals surface area (Å²) in [6.45, 7) is 8.74. The number of non-ortho nitro benzene ring substituents is 1. The van der Waals surface area contributed by atoms with Crippen molar-refractivity contribution in [2.75, 3.05) is 6.54 Å². The molecule has 60 heavy (non-hydrogen) atoms. The first kappa shape index (κ1) is 53.3. The van der Waals surface area contributed by atoms with Crippen LogP contribution in [0.1, 0.15) is 175 Å². The summed E-state index contributed by atoms with van der Waals surface area (Å²) in [5.41, 5.74) is 4.91. The zero-order chi connectivity index (χ0) is 44.8. The number of alkyl carbamates (subject to hydrolysis) is 1. The fraction of sp³-hybridized carbons (Fsp3) is 0.727.